The number of hydrogen-bond acceptors (Lipinski definition) is 3. The fourth-order valence-electron chi connectivity index (χ4n) is 3.45. The third kappa shape index (κ3) is 3.47. The lowest BCUT2D eigenvalue weighted by Crippen LogP contribution is -2.32. The third-order valence-electron chi connectivity index (χ3n) is 5.12. The maximum absolute atomic E-state index is 13.0. The van der Waals surface area contributed by atoms with Gasteiger partial charge in [0.1, 0.15) is 5.69 Å². The number of rotatable bonds is 5. The summed E-state index contributed by atoms with van der Waals surface area (Å²) in [4.78, 5) is 13.1. The molecule has 0 saturated heterocycles. The molecular weight excluding hydrogens is 372 g/mol. The van der Waals surface area contributed by atoms with Gasteiger partial charge in [0.25, 0.3) is 15.9 Å². The molecule has 4 rings (SSSR count). The minimum atomic E-state index is -3.93. The smallest absolute Gasteiger partial charge is 0.281 e. The van der Waals surface area contributed by atoms with Crippen molar-refractivity contribution >= 4 is 15.9 Å². The molecule has 0 radical (unpaired) electrons. The predicted octanol–water partition coefficient (Wildman–Crippen LogP) is 4.00. The Morgan fingerprint density at radius 1 is 1.04 bits per heavy atom. The SMILES string of the molecule is Cc1ccc(S(=O)(=O)NC(=O)c2c(C3CC3)cc(-c3ccccc3)n2C)cc1. The van der Waals surface area contributed by atoms with Crippen LogP contribution in [0.15, 0.2) is 65.6 Å². The first-order valence-electron chi connectivity index (χ1n) is 9.25. The predicted molar refractivity (Wildman–Crippen MR) is 109 cm³/mol. The molecular formula is C22H22N2O3S. The van der Waals surface area contributed by atoms with Crippen molar-refractivity contribution < 1.29 is 13.2 Å². The summed E-state index contributed by atoms with van der Waals surface area (Å²) in [6.07, 6.45) is 2.03. The van der Waals surface area contributed by atoms with E-state index in [4.69, 9.17) is 0 Å². The van der Waals surface area contributed by atoms with E-state index in [9.17, 15) is 13.2 Å². The second kappa shape index (κ2) is 6.95. The zero-order valence-corrected chi connectivity index (χ0v) is 16.7. The Morgan fingerprint density at radius 3 is 2.29 bits per heavy atom. The van der Waals surface area contributed by atoms with Crippen LogP contribution < -0.4 is 4.72 Å². The molecule has 1 aliphatic rings. The van der Waals surface area contributed by atoms with E-state index >= 15 is 0 Å². The van der Waals surface area contributed by atoms with Gasteiger partial charge in [-0.2, -0.15) is 0 Å². The van der Waals surface area contributed by atoms with E-state index in [1.54, 1.807) is 16.7 Å². The van der Waals surface area contributed by atoms with E-state index in [1.807, 2.05) is 50.4 Å². The van der Waals surface area contributed by atoms with Gasteiger partial charge >= 0.3 is 0 Å². The van der Waals surface area contributed by atoms with Gasteiger partial charge in [-0.3, -0.25) is 4.79 Å². The van der Waals surface area contributed by atoms with E-state index in [0.717, 1.165) is 35.2 Å². The summed E-state index contributed by atoms with van der Waals surface area (Å²) in [6.45, 7) is 1.88. The van der Waals surface area contributed by atoms with Crippen molar-refractivity contribution in [2.45, 2.75) is 30.6 Å². The van der Waals surface area contributed by atoms with Crippen molar-refractivity contribution in [2.75, 3.05) is 0 Å². The van der Waals surface area contributed by atoms with Gasteiger partial charge in [-0.05, 0) is 55.0 Å². The van der Waals surface area contributed by atoms with Gasteiger partial charge in [0.15, 0.2) is 0 Å². The molecule has 0 bridgehead atoms. The lowest BCUT2D eigenvalue weighted by molar-refractivity contribution is 0.0972. The molecule has 0 unspecified atom stereocenters. The largest absolute Gasteiger partial charge is 0.339 e. The number of carbonyl (C=O) groups is 1. The zero-order valence-electron chi connectivity index (χ0n) is 15.8. The highest BCUT2D eigenvalue weighted by molar-refractivity contribution is 7.90. The summed E-state index contributed by atoms with van der Waals surface area (Å²) in [5.41, 5.74) is 4.18. The lowest BCUT2D eigenvalue weighted by Gasteiger charge is -2.11. The molecule has 1 aliphatic carbocycles. The maximum atomic E-state index is 13.0. The van der Waals surface area contributed by atoms with Crippen LogP contribution in [0.3, 0.4) is 0 Å². The van der Waals surface area contributed by atoms with E-state index in [2.05, 4.69) is 4.72 Å². The molecule has 28 heavy (non-hydrogen) atoms. The summed E-state index contributed by atoms with van der Waals surface area (Å²) >= 11 is 0. The quantitative estimate of drug-likeness (QED) is 0.711. The fraction of sp³-hybridized carbons (Fsp3) is 0.227. The average Bonchev–Trinajstić information content (AvgIpc) is 3.45. The van der Waals surface area contributed by atoms with E-state index in [-0.39, 0.29) is 4.90 Å². The Bertz CT molecular complexity index is 1130. The molecule has 2 aromatic carbocycles. The first-order chi connectivity index (χ1) is 13.4. The molecule has 0 atom stereocenters. The number of nitrogens with one attached hydrogen (secondary N) is 1. The highest BCUT2D eigenvalue weighted by atomic mass is 32.2. The van der Waals surface area contributed by atoms with Crippen molar-refractivity contribution in [1.29, 1.82) is 0 Å². The highest BCUT2D eigenvalue weighted by Gasteiger charge is 2.33. The number of hydrogen-bond donors (Lipinski definition) is 1. The standard InChI is InChI=1S/C22H22N2O3S/c1-15-8-12-18(13-9-15)28(26,27)23-22(25)21-19(16-10-11-16)14-20(24(21)2)17-6-4-3-5-7-17/h3-9,12-14,16H,10-11H2,1-2H3,(H,23,25). The van der Waals surface area contributed by atoms with Gasteiger partial charge in [-0.1, -0.05) is 48.0 Å². The van der Waals surface area contributed by atoms with Crippen LogP contribution in [0.1, 0.15) is 40.4 Å². The van der Waals surface area contributed by atoms with E-state index in [0.29, 0.717) is 11.6 Å². The maximum Gasteiger partial charge on any atom is 0.281 e. The van der Waals surface area contributed by atoms with Crippen LogP contribution in [0.4, 0.5) is 0 Å². The van der Waals surface area contributed by atoms with E-state index < -0.39 is 15.9 Å². The van der Waals surface area contributed by atoms with Crippen LogP contribution in [0.2, 0.25) is 0 Å². The summed E-state index contributed by atoms with van der Waals surface area (Å²) < 4.78 is 29.4. The minimum Gasteiger partial charge on any atom is -0.339 e. The number of nitrogens with zero attached hydrogens (tertiary/aromatic N) is 1. The van der Waals surface area contributed by atoms with Crippen molar-refractivity contribution in [3.05, 3.63) is 77.5 Å². The van der Waals surface area contributed by atoms with Crippen LogP contribution in [0.25, 0.3) is 11.3 Å². The Kier molecular flexibility index (Phi) is 4.59. The van der Waals surface area contributed by atoms with Gasteiger partial charge in [0.2, 0.25) is 0 Å². The number of benzene rings is 2. The van der Waals surface area contributed by atoms with Gasteiger partial charge in [-0.25, -0.2) is 13.1 Å². The van der Waals surface area contributed by atoms with Crippen LogP contribution in [0, 0.1) is 6.92 Å². The molecule has 1 heterocycles. The third-order valence-corrected chi connectivity index (χ3v) is 6.47. The zero-order chi connectivity index (χ0) is 19.9. The molecule has 3 aromatic rings. The summed E-state index contributed by atoms with van der Waals surface area (Å²) in [5, 5.41) is 0. The normalized spacial score (nSPS) is 14.1. The topological polar surface area (TPSA) is 68.2 Å². The molecule has 1 fully saturated rings. The van der Waals surface area contributed by atoms with Crippen LogP contribution >= 0.6 is 0 Å². The van der Waals surface area contributed by atoms with Gasteiger partial charge < -0.3 is 4.57 Å². The molecule has 0 spiro atoms. The van der Waals surface area contributed by atoms with Gasteiger partial charge in [-0.15, -0.1) is 0 Å². The van der Waals surface area contributed by atoms with Crippen molar-refractivity contribution in [2.24, 2.45) is 7.05 Å². The summed E-state index contributed by atoms with van der Waals surface area (Å²) in [6, 6.07) is 18.3. The second-order valence-electron chi connectivity index (χ2n) is 7.28. The van der Waals surface area contributed by atoms with Crippen LogP contribution in [-0.4, -0.2) is 18.9 Å². The van der Waals surface area contributed by atoms with Gasteiger partial charge in [0.05, 0.1) is 4.90 Å². The van der Waals surface area contributed by atoms with Crippen LogP contribution in [-0.2, 0) is 17.1 Å². The van der Waals surface area contributed by atoms with E-state index in [1.165, 1.54) is 12.1 Å². The van der Waals surface area contributed by atoms with Crippen LogP contribution in [0.5, 0.6) is 0 Å². The monoisotopic (exact) mass is 394 g/mol. The number of amides is 1. The molecule has 6 heteroatoms. The summed E-state index contributed by atoms with van der Waals surface area (Å²) in [7, 11) is -2.12. The highest BCUT2D eigenvalue weighted by Crippen LogP contribution is 2.44. The Balaban J connectivity index is 1.71. The fourth-order valence-corrected chi connectivity index (χ4v) is 4.40. The number of sulfonamides is 1. The first kappa shape index (κ1) is 18.5. The minimum absolute atomic E-state index is 0.0805. The molecule has 0 aliphatic heterocycles. The van der Waals surface area contributed by atoms with Crippen molar-refractivity contribution in [3.8, 4) is 11.3 Å². The number of carbonyl (C=O) groups excluding carboxylic acids is 1. The van der Waals surface area contributed by atoms with Gasteiger partial charge in [0, 0.05) is 12.7 Å². The molecule has 1 amide bonds. The second-order valence-corrected chi connectivity index (χ2v) is 8.96. The molecule has 144 valence electrons. The average molecular weight is 394 g/mol. The Morgan fingerprint density at radius 2 is 1.68 bits per heavy atom. The molecule has 1 saturated carbocycles. The number of aromatic nitrogens is 1. The molecule has 1 N–H and O–H groups in total. The Hall–Kier alpha value is -2.86. The molecule has 5 nitrogen and oxygen atoms in total. The number of aryl methyl sites for hydroxylation is 1. The first-order valence-corrected chi connectivity index (χ1v) is 10.7. The van der Waals surface area contributed by atoms with Crippen molar-refractivity contribution in [3.63, 3.8) is 0 Å². The molecule has 1 aromatic heterocycles. The summed E-state index contributed by atoms with van der Waals surface area (Å²) in [5.74, 6) is -0.279. The van der Waals surface area contributed by atoms with Crippen molar-refractivity contribution in [1.82, 2.24) is 9.29 Å². The lowest BCUT2D eigenvalue weighted by atomic mass is 10.1. The Labute approximate surface area is 165 Å².